The average Bonchev–Trinajstić information content (AvgIpc) is 2.35. The van der Waals surface area contributed by atoms with Crippen LogP contribution in [-0.2, 0) is 0 Å². The van der Waals surface area contributed by atoms with E-state index in [9.17, 15) is 0 Å². The van der Waals surface area contributed by atoms with Crippen LogP contribution >= 0.6 is 0 Å². The first-order chi connectivity index (χ1) is 8.41. The third-order valence-electron chi connectivity index (χ3n) is 3.26. The minimum atomic E-state index is 1.11. The van der Waals surface area contributed by atoms with Crippen LogP contribution in [0.1, 0.15) is 90.4 Å². The van der Waals surface area contributed by atoms with Crippen molar-refractivity contribution in [2.45, 2.75) is 90.4 Å². The van der Waals surface area contributed by atoms with E-state index in [1.54, 1.807) is 0 Å². The molecule has 0 amide bonds. The maximum atomic E-state index is 3.87. The van der Waals surface area contributed by atoms with E-state index < -0.39 is 0 Å². The predicted octanol–water partition coefficient (Wildman–Crippen LogP) is 6.47. The summed E-state index contributed by atoms with van der Waals surface area (Å²) in [7, 11) is 0. The summed E-state index contributed by atoms with van der Waals surface area (Å²) in [6.45, 7) is 6.14. The summed E-state index contributed by atoms with van der Waals surface area (Å²) in [5.74, 6) is 0. The van der Waals surface area contributed by atoms with Gasteiger partial charge in [-0.25, -0.2) is 0 Å². The van der Waals surface area contributed by atoms with Crippen LogP contribution in [0.5, 0.6) is 0 Å². The smallest absolute Gasteiger partial charge is 0.0351 e. The molecule has 101 valence electrons. The lowest BCUT2D eigenvalue weighted by atomic mass is 10.1. The molecule has 0 rings (SSSR count). The molecule has 0 saturated carbocycles. The molecule has 1 radical (unpaired) electrons. The quantitative estimate of drug-likeness (QED) is 0.254. The van der Waals surface area contributed by atoms with Gasteiger partial charge in [-0.05, 0) is 25.7 Å². The van der Waals surface area contributed by atoms with Gasteiger partial charge < -0.3 is 0 Å². The Kier molecular flexibility index (Phi) is 15.5. The maximum absolute atomic E-state index is 3.87. The Labute approximate surface area is 110 Å². The summed E-state index contributed by atoms with van der Waals surface area (Å²) in [4.78, 5) is 0. The molecule has 0 fully saturated rings. The number of unbranched alkanes of at least 4 members (excludes halogenated alkanes) is 11. The van der Waals surface area contributed by atoms with Crippen molar-refractivity contribution in [2.24, 2.45) is 0 Å². The predicted molar refractivity (Wildman–Crippen MR) is 80.2 cm³/mol. The first-order valence-electron chi connectivity index (χ1n) is 7.86. The Hall–Kier alpha value is -0.260. The Bertz CT molecular complexity index is 146. The van der Waals surface area contributed by atoms with Gasteiger partial charge in [-0.1, -0.05) is 83.8 Å². The van der Waals surface area contributed by atoms with Crippen molar-refractivity contribution >= 4 is 0 Å². The van der Waals surface area contributed by atoms with Crippen molar-refractivity contribution in [3.05, 3.63) is 19.1 Å². The van der Waals surface area contributed by atoms with Gasteiger partial charge in [0.1, 0.15) is 0 Å². The molecule has 0 aliphatic rings. The Morgan fingerprint density at radius 2 is 1.12 bits per heavy atom. The van der Waals surface area contributed by atoms with Crippen molar-refractivity contribution in [1.29, 1.82) is 0 Å². The summed E-state index contributed by atoms with van der Waals surface area (Å²) in [6, 6.07) is 0. The second kappa shape index (κ2) is 15.7. The van der Waals surface area contributed by atoms with Crippen LogP contribution in [0.15, 0.2) is 12.2 Å². The van der Waals surface area contributed by atoms with Gasteiger partial charge in [0.05, 0.1) is 0 Å². The molecule has 0 aliphatic carbocycles. The molecule has 0 aromatic heterocycles. The fourth-order valence-corrected chi connectivity index (χ4v) is 2.07. The zero-order chi connectivity index (χ0) is 12.6. The highest BCUT2D eigenvalue weighted by Crippen LogP contribution is 2.08. The van der Waals surface area contributed by atoms with E-state index in [2.05, 4.69) is 26.0 Å². The van der Waals surface area contributed by atoms with Crippen molar-refractivity contribution in [3.8, 4) is 0 Å². The van der Waals surface area contributed by atoms with Crippen LogP contribution in [0.25, 0.3) is 0 Å². The second-order valence-corrected chi connectivity index (χ2v) is 5.08. The Balaban J connectivity index is 2.99. The highest BCUT2D eigenvalue weighted by atomic mass is 13.9. The van der Waals surface area contributed by atoms with Crippen LogP contribution in [0, 0.1) is 6.92 Å². The third kappa shape index (κ3) is 15.7. The molecule has 0 N–H and O–H groups in total. The van der Waals surface area contributed by atoms with E-state index in [0.29, 0.717) is 0 Å². The number of allylic oxidation sites excluding steroid dienone is 2. The zero-order valence-electron chi connectivity index (χ0n) is 12.1. The van der Waals surface area contributed by atoms with Crippen LogP contribution in [0.4, 0.5) is 0 Å². The molecule has 0 heteroatoms. The highest BCUT2D eigenvalue weighted by Gasteiger charge is 1.89. The van der Waals surface area contributed by atoms with Crippen LogP contribution in [0.3, 0.4) is 0 Å². The fraction of sp³-hybridized carbons (Fsp3) is 0.824. The lowest BCUT2D eigenvalue weighted by Crippen LogP contribution is -1.78. The van der Waals surface area contributed by atoms with Gasteiger partial charge in [0.15, 0.2) is 0 Å². The highest BCUT2D eigenvalue weighted by molar-refractivity contribution is 4.81. The van der Waals surface area contributed by atoms with E-state index in [0.717, 1.165) is 6.42 Å². The summed E-state index contributed by atoms with van der Waals surface area (Å²) in [5, 5.41) is 0. The summed E-state index contributed by atoms with van der Waals surface area (Å²) >= 11 is 0. The third-order valence-corrected chi connectivity index (χ3v) is 3.26. The van der Waals surface area contributed by atoms with Crippen molar-refractivity contribution in [1.82, 2.24) is 0 Å². The topological polar surface area (TPSA) is 0 Å². The second-order valence-electron chi connectivity index (χ2n) is 5.08. The number of hydrogen-bond acceptors (Lipinski definition) is 0. The molecule has 17 heavy (non-hydrogen) atoms. The maximum Gasteiger partial charge on any atom is -0.0351 e. The molecule has 0 atom stereocenters. The van der Waals surface area contributed by atoms with Gasteiger partial charge in [-0.3, -0.25) is 0 Å². The van der Waals surface area contributed by atoms with Gasteiger partial charge in [-0.2, -0.15) is 0 Å². The standard InChI is InChI=1S/C17H33/c1-3-5-7-9-11-13-15-17-16-14-12-10-8-6-4-2/h16-17H,1,3-15H2,2H3/b17-16+. The molecular formula is C17H33. The van der Waals surface area contributed by atoms with Gasteiger partial charge in [0.25, 0.3) is 0 Å². The van der Waals surface area contributed by atoms with Gasteiger partial charge in [0.2, 0.25) is 0 Å². The lowest BCUT2D eigenvalue weighted by Gasteiger charge is -1.98. The molecule has 0 aliphatic heterocycles. The Morgan fingerprint density at radius 3 is 1.65 bits per heavy atom. The lowest BCUT2D eigenvalue weighted by molar-refractivity contribution is 0.619. The van der Waals surface area contributed by atoms with Gasteiger partial charge >= 0.3 is 0 Å². The number of rotatable bonds is 13. The molecule has 0 heterocycles. The first-order valence-corrected chi connectivity index (χ1v) is 7.86. The largest absolute Gasteiger partial charge is 0.0885 e. The van der Waals surface area contributed by atoms with E-state index in [4.69, 9.17) is 0 Å². The molecule has 0 aromatic rings. The van der Waals surface area contributed by atoms with Crippen LogP contribution < -0.4 is 0 Å². The first kappa shape index (κ1) is 16.7. The normalized spacial score (nSPS) is 11.4. The van der Waals surface area contributed by atoms with Gasteiger partial charge in [-0.15, -0.1) is 0 Å². The van der Waals surface area contributed by atoms with Crippen LogP contribution in [0.2, 0.25) is 0 Å². The van der Waals surface area contributed by atoms with Crippen molar-refractivity contribution in [3.63, 3.8) is 0 Å². The zero-order valence-corrected chi connectivity index (χ0v) is 12.1. The molecule has 0 spiro atoms. The molecule has 0 bridgehead atoms. The van der Waals surface area contributed by atoms with Crippen molar-refractivity contribution in [2.75, 3.05) is 0 Å². The minimum absolute atomic E-state index is 1.11. The van der Waals surface area contributed by atoms with E-state index in [-0.39, 0.29) is 0 Å². The molecule has 0 unspecified atom stereocenters. The summed E-state index contributed by atoms with van der Waals surface area (Å²) in [5.41, 5.74) is 0. The van der Waals surface area contributed by atoms with E-state index >= 15 is 0 Å². The minimum Gasteiger partial charge on any atom is -0.0885 e. The van der Waals surface area contributed by atoms with Crippen molar-refractivity contribution < 1.29 is 0 Å². The summed E-state index contributed by atoms with van der Waals surface area (Å²) in [6.07, 6.45) is 22.4. The molecular weight excluding hydrogens is 204 g/mol. The van der Waals surface area contributed by atoms with Crippen LogP contribution in [-0.4, -0.2) is 0 Å². The molecule has 0 saturated heterocycles. The Morgan fingerprint density at radius 1 is 0.647 bits per heavy atom. The fourth-order valence-electron chi connectivity index (χ4n) is 2.07. The average molecular weight is 237 g/mol. The van der Waals surface area contributed by atoms with Gasteiger partial charge in [0, 0.05) is 0 Å². The van der Waals surface area contributed by atoms with E-state index in [1.165, 1.54) is 77.0 Å². The molecule has 0 nitrogen and oxygen atoms in total. The monoisotopic (exact) mass is 237 g/mol. The summed E-state index contributed by atoms with van der Waals surface area (Å²) < 4.78 is 0. The SMILES string of the molecule is [CH2]CCCCCCC/C=C/CCCCCCC. The van der Waals surface area contributed by atoms with E-state index in [1.807, 2.05) is 0 Å². The number of hydrogen-bond donors (Lipinski definition) is 0. The molecule has 0 aromatic carbocycles.